The number of fused-ring (bicyclic) bond motifs is 1. The van der Waals surface area contributed by atoms with E-state index in [9.17, 15) is 14.1 Å². The van der Waals surface area contributed by atoms with Crippen molar-refractivity contribution < 1.29 is 18.8 Å². The normalized spacial score (nSPS) is 18.4. The molecule has 0 radical (unpaired) electrons. The third kappa shape index (κ3) is 7.15. The van der Waals surface area contributed by atoms with E-state index in [1.165, 1.54) is 25.7 Å². The van der Waals surface area contributed by atoms with E-state index in [2.05, 4.69) is 17.2 Å². The Morgan fingerprint density at radius 3 is 2.72 bits per heavy atom. The molecule has 210 valence electrons. The van der Waals surface area contributed by atoms with Crippen LogP contribution in [0.1, 0.15) is 92.5 Å². The van der Waals surface area contributed by atoms with Gasteiger partial charge in [-0.2, -0.15) is 0 Å². The zero-order valence-corrected chi connectivity index (χ0v) is 24.4. The maximum atomic E-state index is 13.6. The number of aliphatic hydroxyl groups excluding tert-OH is 1. The second-order valence-corrected chi connectivity index (χ2v) is 13.6. The van der Waals surface area contributed by atoms with Crippen molar-refractivity contribution in [1.82, 2.24) is 14.6 Å². The first-order valence-electron chi connectivity index (χ1n) is 13.9. The van der Waals surface area contributed by atoms with Crippen molar-refractivity contribution in [3.63, 3.8) is 0 Å². The first-order valence-corrected chi connectivity index (χ1v) is 15.0. The van der Waals surface area contributed by atoms with Crippen LogP contribution >= 0.6 is 0 Å². The Morgan fingerprint density at radius 1 is 1.26 bits per heavy atom. The van der Waals surface area contributed by atoms with Crippen LogP contribution < -0.4 is 5.32 Å². The van der Waals surface area contributed by atoms with Crippen molar-refractivity contribution in [2.24, 2.45) is 5.92 Å². The SMILES string of the molecule is COCCNC(=O)c1cc2c(c(-c3cccc(C#CCC4CCCC4)c3)n1)[C@H](CCO)N([S@@](=O)C(C)(C)C)C2. The van der Waals surface area contributed by atoms with E-state index in [1.54, 1.807) is 13.2 Å². The minimum Gasteiger partial charge on any atom is -0.396 e. The van der Waals surface area contributed by atoms with E-state index in [0.29, 0.717) is 43.4 Å². The standard InChI is InChI=1S/C31H41N3O4S/c1-31(2,3)39(37)34-21-25-20-26(30(36)32-16-18-38-4)33-29(28(25)27(34)15-17-35)24-14-8-13-23(19-24)12-7-11-22-9-5-6-10-22/h8,13-14,19-20,22,27,35H,5-6,9-11,15-18,21H2,1-4H3,(H,32,36)/t27-,39-/m0/s1. The summed E-state index contributed by atoms with van der Waals surface area (Å²) in [6.45, 7) is 6.99. The van der Waals surface area contributed by atoms with Crippen LogP contribution in [0.4, 0.5) is 0 Å². The van der Waals surface area contributed by atoms with Crippen molar-refractivity contribution in [3.05, 3.63) is 52.7 Å². The van der Waals surface area contributed by atoms with Gasteiger partial charge in [0.1, 0.15) is 16.7 Å². The van der Waals surface area contributed by atoms with Crippen LogP contribution in [-0.4, -0.2) is 56.1 Å². The predicted molar refractivity (Wildman–Crippen MR) is 155 cm³/mol. The molecule has 0 unspecified atom stereocenters. The third-order valence-electron chi connectivity index (χ3n) is 7.35. The van der Waals surface area contributed by atoms with Crippen molar-refractivity contribution in [1.29, 1.82) is 0 Å². The number of methoxy groups -OCH3 is 1. The van der Waals surface area contributed by atoms with Crippen LogP contribution in [0.15, 0.2) is 30.3 Å². The van der Waals surface area contributed by atoms with Gasteiger partial charge in [-0.15, -0.1) is 0 Å². The first kappa shape index (κ1) is 29.4. The number of aliphatic hydroxyl groups is 1. The molecule has 2 N–H and O–H groups in total. The van der Waals surface area contributed by atoms with Crippen LogP contribution in [-0.2, 0) is 22.3 Å². The van der Waals surface area contributed by atoms with Gasteiger partial charge in [-0.1, -0.05) is 36.8 Å². The molecule has 1 aromatic carbocycles. The van der Waals surface area contributed by atoms with Crippen LogP contribution in [0, 0.1) is 17.8 Å². The zero-order valence-electron chi connectivity index (χ0n) is 23.6. The molecule has 0 saturated heterocycles. The summed E-state index contributed by atoms with van der Waals surface area (Å²) in [6, 6.07) is 9.49. The average Bonchev–Trinajstić information content (AvgIpc) is 3.56. The Balaban J connectivity index is 1.75. The van der Waals surface area contributed by atoms with Gasteiger partial charge >= 0.3 is 0 Å². The number of aromatic nitrogens is 1. The molecule has 2 atom stereocenters. The van der Waals surface area contributed by atoms with Crippen molar-refractivity contribution in [2.45, 2.75) is 76.6 Å². The molecule has 1 saturated carbocycles. The van der Waals surface area contributed by atoms with E-state index >= 15 is 0 Å². The molecule has 4 rings (SSSR count). The topological polar surface area (TPSA) is 91.8 Å². The molecule has 1 amide bonds. The lowest BCUT2D eigenvalue weighted by molar-refractivity contribution is 0.0932. The highest BCUT2D eigenvalue weighted by atomic mass is 32.2. The number of rotatable bonds is 9. The molecule has 0 spiro atoms. The monoisotopic (exact) mass is 551 g/mol. The summed E-state index contributed by atoms with van der Waals surface area (Å²) in [6.07, 6.45) is 6.48. The van der Waals surface area contributed by atoms with Crippen molar-refractivity contribution in [3.8, 4) is 23.1 Å². The quantitative estimate of drug-likeness (QED) is 0.346. The molecule has 1 aliphatic carbocycles. The highest BCUT2D eigenvalue weighted by Crippen LogP contribution is 2.44. The third-order valence-corrected chi connectivity index (χ3v) is 9.21. The number of hydrogen-bond acceptors (Lipinski definition) is 5. The Hall–Kier alpha value is -2.57. The van der Waals surface area contributed by atoms with Crippen molar-refractivity contribution >= 4 is 16.9 Å². The summed E-state index contributed by atoms with van der Waals surface area (Å²) in [5.74, 6) is 7.13. The number of amides is 1. The van der Waals surface area contributed by atoms with Crippen LogP contribution in [0.5, 0.6) is 0 Å². The second-order valence-electron chi connectivity index (χ2n) is 11.4. The average molecular weight is 552 g/mol. The fourth-order valence-corrected chi connectivity index (χ4v) is 6.82. The molecule has 0 bridgehead atoms. The lowest BCUT2D eigenvalue weighted by Crippen LogP contribution is -2.36. The van der Waals surface area contributed by atoms with Gasteiger partial charge in [0, 0.05) is 49.9 Å². The maximum Gasteiger partial charge on any atom is 0.269 e. The van der Waals surface area contributed by atoms with Gasteiger partial charge in [-0.3, -0.25) is 4.79 Å². The van der Waals surface area contributed by atoms with E-state index < -0.39 is 15.7 Å². The molecule has 8 heteroatoms. The first-order chi connectivity index (χ1) is 18.7. The van der Waals surface area contributed by atoms with Gasteiger partial charge in [0.25, 0.3) is 5.91 Å². The number of hydrogen-bond donors (Lipinski definition) is 2. The Morgan fingerprint density at radius 2 is 2.03 bits per heavy atom. The van der Waals surface area contributed by atoms with E-state index in [0.717, 1.165) is 28.7 Å². The molecule has 39 heavy (non-hydrogen) atoms. The van der Waals surface area contributed by atoms with E-state index in [4.69, 9.17) is 9.72 Å². The summed E-state index contributed by atoms with van der Waals surface area (Å²) in [4.78, 5) is 17.9. The molecule has 1 fully saturated rings. The molecule has 7 nitrogen and oxygen atoms in total. The highest BCUT2D eigenvalue weighted by molar-refractivity contribution is 7.84. The molecule has 2 heterocycles. The molecule has 2 aromatic rings. The number of carbonyl (C=O) groups excluding carboxylic acids is 1. The zero-order chi connectivity index (χ0) is 28.0. The number of nitrogens with zero attached hydrogens (tertiary/aromatic N) is 2. The summed E-state index contributed by atoms with van der Waals surface area (Å²) < 4.78 is 20.1. The van der Waals surface area contributed by atoms with Gasteiger partial charge < -0.3 is 15.2 Å². The smallest absolute Gasteiger partial charge is 0.269 e. The summed E-state index contributed by atoms with van der Waals surface area (Å²) in [7, 11) is 0.276. The van der Waals surface area contributed by atoms with Gasteiger partial charge in [0.15, 0.2) is 0 Å². The number of benzene rings is 1. The number of pyridine rings is 1. The molecule has 1 aliphatic heterocycles. The fourth-order valence-electron chi connectivity index (χ4n) is 5.42. The Bertz CT molecular complexity index is 1250. The number of ether oxygens (including phenoxy) is 1. The largest absolute Gasteiger partial charge is 0.396 e. The highest BCUT2D eigenvalue weighted by Gasteiger charge is 2.40. The number of carbonyl (C=O) groups is 1. The van der Waals surface area contributed by atoms with Gasteiger partial charge in [-0.05, 0) is 69.7 Å². The van der Waals surface area contributed by atoms with Crippen molar-refractivity contribution in [2.75, 3.05) is 26.9 Å². The van der Waals surface area contributed by atoms with Crippen LogP contribution in [0.25, 0.3) is 11.3 Å². The molecular weight excluding hydrogens is 510 g/mol. The van der Waals surface area contributed by atoms with E-state index in [1.807, 2.05) is 49.3 Å². The Labute approximate surface area is 235 Å². The summed E-state index contributed by atoms with van der Waals surface area (Å²) >= 11 is 0. The van der Waals surface area contributed by atoms with Gasteiger partial charge in [0.2, 0.25) is 0 Å². The van der Waals surface area contributed by atoms with Gasteiger partial charge in [0.05, 0.1) is 23.1 Å². The maximum absolute atomic E-state index is 13.6. The van der Waals surface area contributed by atoms with Crippen LogP contribution in [0.3, 0.4) is 0 Å². The van der Waals surface area contributed by atoms with Gasteiger partial charge in [-0.25, -0.2) is 13.5 Å². The summed E-state index contributed by atoms with van der Waals surface area (Å²) in [5.41, 5.74) is 4.58. The lowest BCUT2D eigenvalue weighted by atomic mass is 9.95. The Kier molecular flexibility index (Phi) is 9.95. The van der Waals surface area contributed by atoms with Crippen LogP contribution in [0.2, 0.25) is 0 Å². The fraction of sp³-hybridized carbons (Fsp3) is 0.548. The number of nitrogens with one attached hydrogen (secondary N) is 1. The molecule has 2 aliphatic rings. The van der Waals surface area contributed by atoms with E-state index in [-0.39, 0.29) is 18.6 Å². The summed E-state index contributed by atoms with van der Waals surface area (Å²) in [5, 5.41) is 12.8. The minimum absolute atomic E-state index is 0.0483. The predicted octanol–water partition coefficient (Wildman–Crippen LogP) is 4.76. The molecule has 1 aromatic heterocycles. The second kappa shape index (κ2) is 13.2. The minimum atomic E-state index is -1.31. The lowest BCUT2D eigenvalue weighted by Gasteiger charge is -2.30. The molecular formula is C31H41N3O4S.